The number of anilines is 1. The number of nitro benzene ring substituents is 1. The zero-order valence-electron chi connectivity index (χ0n) is 14.5. The molecule has 0 fully saturated rings. The first kappa shape index (κ1) is 18.7. The quantitative estimate of drug-likeness (QED) is 0.561. The van der Waals surface area contributed by atoms with Crippen LogP contribution in [0, 0.1) is 10.1 Å². The van der Waals surface area contributed by atoms with Gasteiger partial charge in [0.1, 0.15) is 13.2 Å². The summed E-state index contributed by atoms with van der Waals surface area (Å²) in [5.41, 5.74) is 0.822. The van der Waals surface area contributed by atoms with Gasteiger partial charge in [0.05, 0.1) is 11.0 Å². The van der Waals surface area contributed by atoms with Crippen LogP contribution in [0.2, 0.25) is 0 Å². The molecule has 1 heterocycles. The van der Waals surface area contributed by atoms with E-state index < -0.39 is 23.0 Å². The lowest BCUT2D eigenvalue weighted by Crippen LogP contribution is -2.16. The van der Waals surface area contributed by atoms with Crippen molar-refractivity contribution in [2.45, 2.75) is 26.0 Å². The number of ether oxygens (including phenoxy) is 3. The Kier molecular flexibility index (Phi) is 5.58. The van der Waals surface area contributed by atoms with Crippen LogP contribution in [0.5, 0.6) is 17.2 Å². The smallest absolute Gasteiger partial charge is 0.387 e. The molecule has 0 spiro atoms. The number of halogens is 2. The van der Waals surface area contributed by atoms with Crippen LogP contribution < -0.4 is 19.5 Å². The van der Waals surface area contributed by atoms with Crippen LogP contribution in [-0.2, 0) is 0 Å². The molecular weight excluding hydrogens is 362 g/mol. The highest BCUT2D eigenvalue weighted by Gasteiger charge is 2.21. The topological polar surface area (TPSA) is 82.9 Å². The van der Waals surface area contributed by atoms with E-state index in [1.165, 1.54) is 12.1 Å². The molecule has 0 radical (unpaired) electrons. The fraction of sp³-hybridized carbons (Fsp3) is 0.333. The molecule has 1 unspecified atom stereocenters. The standard InChI is InChI=1S/C18H18F2N2O5/c1-2-13(11-3-6-15-17(9-11)26-8-7-25-15)21-12-4-5-14(22(23)24)16(10-12)27-18(19)20/h3-6,9-10,13,18,21H,2,7-8H2,1H3. The Morgan fingerprint density at radius 2 is 1.93 bits per heavy atom. The molecule has 0 saturated carbocycles. The summed E-state index contributed by atoms with van der Waals surface area (Å²) < 4.78 is 40.5. The van der Waals surface area contributed by atoms with Crippen LogP contribution in [0.1, 0.15) is 24.9 Å². The van der Waals surface area contributed by atoms with E-state index in [9.17, 15) is 18.9 Å². The molecule has 1 atom stereocenters. The molecule has 1 aliphatic heterocycles. The van der Waals surface area contributed by atoms with Gasteiger partial charge in [0.2, 0.25) is 5.75 Å². The predicted molar refractivity (Wildman–Crippen MR) is 93.8 cm³/mol. The summed E-state index contributed by atoms with van der Waals surface area (Å²) in [6, 6.07) is 9.18. The molecule has 7 nitrogen and oxygen atoms in total. The van der Waals surface area contributed by atoms with Crippen molar-refractivity contribution in [3.8, 4) is 17.2 Å². The van der Waals surface area contributed by atoms with Crippen LogP contribution in [0.4, 0.5) is 20.2 Å². The highest BCUT2D eigenvalue weighted by Crippen LogP contribution is 2.36. The molecule has 0 saturated heterocycles. The number of rotatable bonds is 7. The monoisotopic (exact) mass is 380 g/mol. The number of hydrogen-bond acceptors (Lipinski definition) is 6. The molecule has 27 heavy (non-hydrogen) atoms. The highest BCUT2D eigenvalue weighted by atomic mass is 19.3. The number of alkyl halides is 2. The normalized spacial score (nSPS) is 13.9. The van der Waals surface area contributed by atoms with Crippen LogP contribution in [0.15, 0.2) is 36.4 Å². The molecule has 144 valence electrons. The van der Waals surface area contributed by atoms with Crippen molar-refractivity contribution in [1.82, 2.24) is 0 Å². The van der Waals surface area contributed by atoms with Gasteiger partial charge in [-0.2, -0.15) is 8.78 Å². The van der Waals surface area contributed by atoms with Gasteiger partial charge in [0.15, 0.2) is 11.5 Å². The molecule has 3 rings (SSSR count). The third kappa shape index (κ3) is 4.36. The summed E-state index contributed by atoms with van der Waals surface area (Å²) in [4.78, 5) is 10.2. The lowest BCUT2D eigenvalue weighted by Gasteiger charge is -2.23. The van der Waals surface area contributed by atoms with Gasteiger partial charge >= 0.3 is 12.3 Å². The van der Waals surface area contributed by atoms with E-state index >= 15 is 0 Å². The van der Waals surface area contributed by atoms with Crippen LogP contribution in [0.3, 0.4) is 0 Å². The Labute approximate surface area is 154 Å². The van der Waals surface area contributed by atoms with E-state index in [4.69, 9.17) is 9.47 Å². The minimum Gasteiger partial charge on any atom is -0.486 e. The number of fused-ring (bicyclic) bond motifs is 1. The number of benzene rings is 2. The predicted octanol–water partition coefficient (Wildman–Crippen LogP) is 4.53. The second kappa shape index (κ2) is 8.07. The molecule has 0 aliphatic carbocycles. The van der Waals surface area contributed by atoms with Crippen LogP contribution in [0.25, 0.3) is 0 Å². The second-order valence-electron chi connectivity index (χ2n) is 5.83. The zero-order chi connectivity index (χ0) is 19.4. The van der Waals surface area contributed by atoms with E-state index in [0.717, 1.165) is 11.6 Å². The molecule has 1 aliphatic rings. The van der Waals surface area contributed by atoms with Crippen LogP contribution >= 0.6 is 0 Å². The lowest BCUT2D eigenvalue weighted by atomic mass is 10.0. The first-order chi connectivity index (χ1) is 13.0. The maximum atomic E-state index is 12.6. The SMILES string of the molecule is CCC(Nc1ccc([N+](=O)[O-])c(OC(F)F)c1)c1ccc2c(c1)OCCO2. The van der Waals surface area contributed by atoms with E-state index in [0.29, 0.717) is 36.8 Å². The van der Waals surface area contributed by atoms with Crippen molar-refractivity contribution >= 4 is 11.4 Å². The molecule has 0 bridgehead atoms. The molecule has 1 N–H and O–H groups in total. The molecule has 9 heteroatoms. The first-order valence-corrected chi connectivity index (χ1v) is 8.37. The third-order valence-corrected chi connectivity index (χ3v) is 4.09. The van der Waals surface area contributed by atoms with E-state index in [-0.39, 0.29) is 6.04 Å². The van der Waals surface area contributed by atoms with E-state index in [1.807, 2.05) is 25.1 Å². The Hall–Kier alpha value is -3.10. The summed E-state index contributed by atoms with van der Waals surface area (Å²) in [6.07, 6.45) is 0.682. The molecule has 0 aromatic heterocycles. The van der Waals surface area contributed by atoms with Gasteiger partial charge in [-0.25, -0.2) is 0 Å². The fourth-order valence-electron chi connectivity index (χ4n) is 2.84. The first-order valence-electron chi connectivity index (χ1n) is 8.37. The Morgan fingerprint density at radius 1 is 1.19 bits per heavy atom. The van der Waals surface area contributed by atoms with Gasteiger partial charge < -0.3 is 19.5 Å². The van der Waals surface area contributed by atoms with Crippen molar-refractivity contribution in [3.05, 3.63) is 52.1 Å². The second-order valence-corrected chi connectivity index (χ2v) is 5.83. The number of hydrogen-bond donors (Lipinski definition) is 1. The lowest BCUT2D eigenvalue weighted by molar-refractivity contribution is -0.386. The van der Waals surface area contributed by atoms with Crippen LogP contribution in [-0.4, -0.2) is 24.7 Å². The maximum absolute atomic E-state index is 12.6. The Morgan fingerprint density at radius 3 is 2.59 bits per heavy atom. The Bertz CT molecular complexity index is 831. The molecule has 2 aromatic carbocycles. The van der Waals surface area contributed by atoms with Gasteiger partial charge in [0, 0.05) is 17.8 Å². The van der Waals surface area contributed by atoms with Crippen molar-refractivity contribution in [2.24, 2.45) is 0 Å². The van der Waals surface area contributed by atoms with Crippen molar-refractivity contribution in [2.75, 3.05) is 18.5 Å². The average molecular weight is 380 g/mol. The number of nitrogens with one attached hydrogen (secondary N) is 1. The van der Waals surface area contributed by atoms with Gasteiger partial charge in [0.25, 0.3) is 0 Å². The summed E-state index contributed by atoms with van der Waals surface area (Å²) in [7, 11) is 0. The summed E-state index contributed by atoms with van der Waals surface area (Å²) >= 11 is 0. The summed E-state index contributed by atoms with van der Waals surface area (Å²) in [5, 5.41) is 14.2. The largest absolute Gasteiger partial charge is 0.486 e. The number of nitrogens with zero attached hydrogens (tertiary/aromatic N) is 1. The van der Waals surface area contributed by atoms with Crippen molar-refractivity contribution in [1.29, 1.82) is 0 Å². The van der Waals surface area contributed by atoms with E-state index in [2.05, 4.69) is 10.1 Å². The Balaban J connectivity index is 1.84. The van der Waals surface area contributed by atoms with Crippen molar-refractivity contribution < 1.29 is 27.9 Å². The minimum atomic E-state index is -3.15. The molecule has 2 aromatic rings. The average Bonchev–Trinajstić information content (AvgIpc) is 2.65. The van der Waals surface area contributed by atoms with Gasteiger partial charge in [-0.15, -0.1) is 0 Å². The van der Waals surface area contributed by atoms with Gasteiger partial charge in [-0.3, -0.25) is 10.1 Å². The summed E-state index contributed by atoms with van der Waals surface area (Å²) in [5.74, 6) is 0.823. The van der Waals surface area contributed by atoms with E-state index in [1.54, 1.807) is 0 Å². The highest BCUT2D eigenvalue weighted by molar-refractivity contribution is 5.59. The minimum absolute atomic E-state index is 0.165. The zero-order valence-corrected chi connectivity index (χ0v) is 14.5. The van der Waals surface area contributed by atoms with Gasteiger partial charge in [-0.1, -0.05) is 13.0 Å². The number of nitro groups is 1. The molecule has 0 amide bonds. The summed E-state index contributed by atoms with van der Waals surface area (Å²) in [6.45, 7) is -0.232. The fourth-order valence-corrected chi connectivity index (χ4v) is 2.84. The van der Waals surface area contributed by atoms with Crippen molar-refractivity contribution in [3.63, 3.8) is 0 Å². The maximum Gasteiger partial charge on any atom is 0.387 e. The third-order valence-electron chi connectivity index (χ3n) is 4.09. The molecular formula is C18H18F2N2O5. The van der Waals surface area contributed by atoms with Gasteiger partial charge in [-0.05, 0) is 30.2 Å².